The van der Waals surface area contributed by atoms with Gasteiger partial charge in [0.15, 0.2) is 0 Å². The lowest BCUT2D eigenvalue weighted by molar-refractivity contribution is -0.0505. The SMILES string of the molecule is CCN1CCC(CNCc2ccccc2OC(F)F)C1. The van der Waals surface area contributed by atoms with E-state index in [9.17, 15) is 8.78 Å². The van der Waals surface area contributed by atoms with E-state index in [1.807, 2.05) is 12.1 Å². The highest BCUT2D eigenvalue weighted by atomic mass is 19.3. The minimum atomic E-state index is -2.77. The fraction of sp³-hybridized carbons (Fsp3) is 0.600. The summed E-state index contributed by atoms with van der Waals surface area (Å²) in [5.74, 6) is 0.912. The number of para-hydroxylation sites is 1. The van der Waals surface area contributed by atoms with Crippen LogP contribution in [-0.4, -0.2) is 37.7 Å². The number of halogens is 2. The summed E-state index contributed by atoms with van der Waals surface area (Å²) in [6.45, 7) is 4.26. The second-order valence-corrected chi connectivity index (χ2v) is 5.17. The van der Waals surface area contributed by atoms with Crippen molar-refractivity contribution in [2.24, 2.45) is 5.92 Å². The Morgan fingerprint density at radius 1 is 1.40 bits per heavy atom. The second-order valence-electron chi connectivity index (χ2n) is 5.17. The topological polar surface area (TPSA) is 24.5 Å². The van der Waals surface area contributed by atoms with Gasteiger partial charge in [-0.25, -0.2) is 0 Å². The van der Waals surface area contributed by atoms with Crippen molar-refractivity contribution in [3.63, 3.8) is 0 Å². The van der Waals surface area contributed by atoms with Gasteiger partial charge in [0.05, 0.1) is 0 Å². The third-order valence-corrected chi connectivity index (χ3v) is 3.75. The zero-order valence-electron chi connectivity index (χ0n) is 11.8. The molecular formula is C15H22F2N2O. The van der Waals surface area contributed by atoms with Crippen LogP contribution in [0.5, 0.6) is 5.75 Å². The van der Waals surface area contributed by atoms with Crippen molar-refractivity contribution in [2.75, 3.05) is 26.2 Å². The van der Waals surface area contributed by atoms with Crippen LogP contribution in [0, 0.1) is 5.92 Å². The van der Waals surface area contributed by atoms with Crippen LogP contribution in [0.15, 0.2) is 24.3 Å². The van der Waals surface area contributed by atoms with Gasteiger partial charge in [-0.1, -0.05) is 25.1 Å². The van der Waals surface area contributed by atoms with Gasteiger partial charge in [-0.3, -0.25) is 0 Å². The molecule has 0 amide bonds. The lowest BCUT2D eigenvalue weighted by Crippen LogP contribution is -2.26. The van der Waals surface area contributed by atoms with Crippen molar-refractivity contribution < 1.29 is 13.5 Å². The summed E-state index contributed by atoms with van der Waals surface area (Å²) in [6, 6.07) is 6.94. The molecule has 0 spiro atoms. The van der Waals surface area contributed by atoms with Crippen molar-refractivity contribution in [1.29, 1.82) is 0 Å². The summed E-state index contributed by atoms with van der Waals surface area (Å²) >= 11 is 0. The Kier molecular flexibility index (Phi) is 5.73. The molecule has 1 unspecified atom stereocenters. The molecule has 1 N–H and O–H groups in total. The molecule has 1 fully saturated rings. The number of alkyl halides is 2. The lowest BCUT2D eigenvalue weighted by atomic mass is 10.1. The summed E-state index contributed by atoms with van der Waals surface area (Å²) in [7, 11) is 0. The van der Waals surface area contributed by atoms with Crippen molar-refractivity contribution in [3.05, 3.63) is 29.8 Å². The molecule has 1 heterocycles. The minimum Gasteiger partial charge on any atom is -0.434 e. The van der Waals surface area contributed by atoms with Crippen molar-refractivity contribution in [2.45, 2.75) is 26.5 Å². The van der Waals surface area contributed by atoms with Crippen LogP contribution in [0.2, 0.25) is 0 Å². The van der Waals surface area contributed by atoms with Gasteiger partial charge in [0, 0.05) is 18.7 Å². The average molecular weight is 284 g/mol. The normalized spacial score (nSPS) is 19.7. The van der Waals surface area contributed by atoms with Gasteiger partial charge in [0.1, 0.15) is 5.75 Å². The molecule has 1 aromatic rings. The van der Waals surface area contributed by atoms with E-state index in [1.54, 1.807) is 12.1 Å². The van der Waals surface area contributed by atoms with Gasteiger partial charge in [-0.15, -0.1) is 0 Å². The summed E-state index contributed by atoms with van der Waals surface area (Å²) in [5, 5.41) is 3.35. The molecule has 5 heteroatoms. The molecule has 0 aromatic heterocycles. The first-order chi connectivity index (χ1) is 9.69. The Balaban J connectivity index is 1.79. The van der Waals surface area contributed by atoms with Crippen LogP contribution in [0.3, 0.4) is 0 Å². The first kappa shape index (κ1) is 15.2. The predicted molar refractivity (Wildman–Crippen MR) is 75.0 cm³/mol. The fourth-order valence-electron chi connectivity index (χ4n) is 2.64. The molecule has 1 aliphatic rings. The maximum atomic E-state index is 12.3. The van der Waals surface area contributed by atoms with E-state index < -0.39 is 6.61 Å². The smallest absolute Gasteiger partial charge is 0.387 e. The molecule has 0 radical (unpaired) electrons. The van der Waals surface area contributed by atoms with E-state index in [4.69, 9.17) is 0 Å². The zero-order valence-corrected chi connectivity index (χ0v) is 11.8. The minimum absolute atomic E-state index is 0.261. The van der Waals surface area contributed by atoms with Crippen LogP contribution in [0.25, 0.3) is 0 Å². The van der Waals surface area contributed by atoms with Crippen molar-refractivity contribution in [3.8, 4) is 5.75 Å². The maximum Gasteiger partial charge on any atom is 0.387 e. The van der Waals surface area contributed by atoms with Crippen LogP contribution < -0.4 is 10.1 Å². The first-order valence-corrected chi connectivity index (χ1v) is 7.14. The predicted octanol–water partition coefficient (Wildman–Crippen LogP) is 2.72. The number of hydrogen-bond donors (Lipinski definition) is 1. The highest BCUT2D eigenvalue weighted by Crippen LogP contribution is 2.20. The summed E-state index contributed by atoms with van der Waals surface area (Å²) in [6.07, 6.45) is 1.20. The maximum absolute atomic E-state index is 12.3. The summed E-state index contributed by atoms with van der Waals surface area (Å²) in [5.41, 5.74) is 0.776. The van der Waals surface area contributed by atoms with Gasteiger partial charge in [0.2, 0.25) is 0 Å². The Morgan fingerprint density at radius 3 is 2.90 bits per heavy atom. The Labute approximate surface area is 118 Å². The van der Waals surface area contributed by atoms with Crippen molar-refractivity contribution >= 4 is 0 Å². The molecule has 1 aromatic carbocycles. The number of nitrogens with zero attached hydrogens (tertiary/aromatic N) is 1. The molecule has 0 bridgehead atoms. The molecule has 3 nitrogen and oxygen atoms in total. The van der Waals surface area contributed by atoms with E-state index in [2.05, 4.69) is 21.9 Å². The molecule has 1 aliphatic heterocycles. The van der Waals surface area contributed by atoms with E-state index >= 15 is 0 Å². The average Bonchev–Trinajstić information content (AvgIpc) is 2.88. The van der Waals surface area contributed by atoms with Crippen LogP contribution >= 0.6 is 0 Å². The quantitative estimate of drug-likeness (QED) is 0.833. The standard InChI is InChI=1S/C15H22F2N2O/c1-2-19-8-7-12(11-19)9-18-10-13-5-3-4-6-14(13)20-15(16)17/h3-6,12,15,18H,2,7-11H2,1H3. The van der Waals surface area contributed by atoms with Gasteiger partial charge in [0.25, 0.3) is 0 Å². The van der Waals surface area contributed by atoms with Crippen LogP contribution in [-0.2, 0) is 6.54 Å². The third kappa shape index (κ3) is 4.42. The Bertz CT molecular complexity index is 415. The Hall–Kier alpha value is -1.20. The molecule has 0 aliphatic carbocycles. The molecule has 112 valence electrons. The zero-order chi connectivity index (χ0) is 14.4. The van der Waals surface area contributed by atoms with E-state index in [0.29, 0.717) is 12.5 Å². The molecule has 1 saturated heterocycles. The van der Waals surface area contributed by atoms with Gasteiger partial charge in [-0.2, -0.15) is 8.78 Å². The number of benzene rings is 1. The third-order valence-electron chi connectivity index (χ3n) is 3.75. The van der Waals surface area contributed by atoms with Crippen LogP contribution in [0.1, 0.15) is 18.9 Å². The molecule has 2 rings (SSSR count). The van der Waals surface area contributed by atoms with Gasteiger partial charge >= 0.3 is 6.61 Å². The van der Waals surface area contributed by atoms with Gasteiger partial charge in [-0.05, 0) is 38.0 Å². The number of likely N-dealkylation sites (tertiary alicyclic amines) is 1. The fourth-order valence-corrected chi connectivity index (χ4v) is 2.64. The van der Waals surface area contributed by atoms with E-state index in [0.717, 1.165) is 31.7 Å². The van der Waals surface area contributed by atoms with E-state index in [1.165, 1.54) is 6.42 Å². The molecular weight excluding hydrogens is 262 g/mol. The molecule has 0 saturated carbocycles. The number of hydrogen-bond acceptors (Lipinski definition) is 3. The Morgan fingerprint density at radius 2 is 2.20 bits per heavy atom. The monoisotopic (exact) mass is 284 g/mol. The molecule has 1 atom stereocenters. The number of ether oxygens (including phenoxy) is 1. The highest BCUT2D eigenvalue weighted by Gasteiger charge is 2.20. The summed E-state index contributed by atoms with van der Waals surface area (Å²) in [4.78, 5) is 2.43. The largest absolute Gasteiger partial charge is 0.434 e. The first-order valence-electron chi connectivity index (χ1n) is 7.14. The highest BCUT2D eigenvalue weighted by molar-refractivity contribution is 5.33. The van der Waals surface area contributed by atoms with E-state index in [-0.39, 0.29) is 5.75 Å². The summed E-state index contributed by atoms with van der Waals surface area (Å²) < 4.78 is 29.1. The number of rotatable bonds is 7. The number of nitrogens with one attached hydrogen (secondary N) is 1. The molecule has 20 heavy (non-hydrogen) atoms. The lowest BCUT2D eigenvalue weighted by Gasteiger charge is -2.15. The van der Waals surface area contributed by atoms with Crippen molar-refractivity contribution in [1.82, 2.24) is 10.2 Å². The van der Waals surface area contributed by atoms with Gasteiger partial charge < -0.3 is 15.0 Å². The second kappa shape index (κ2) is 7.55. The van der Waals surface area contributed by atoms with Crippen LogP contribution in [0.4, 0.5) is 8.78 Å².